The van der Waals surface area contributed by atoms with Crippen LogP contribution in [-0.2, 0) is 9.59 Å². The molecule has 0 saturated heterocycles. The van der Waals surface area contributed by atoms with Crippen molar-refractivity contribution < 1.29 is 9.59 Å². The second-order valence-corrected chi connectivity index (χ2v) is 6.70. The molecular weight excluding hydrogens is 314 g/mol. The van der Waals surface area contributed by atoms with E-state index in [1.54, 1.807) is 0 Å². The van der Waals surface area contributed by atoms with Gasteiger partial charge in [-0.25, -0.2) is 0 Å². The normalized spacial score (nSPS) is 15.6. The Balaban J connectivity index is 0.00000484. The van der Waals surface area contributed by atoms with Crippen molar-refractivity contribution >= 4 is 24.2 Å². The minimum Gasteiger partial charge on any atom is -0.353 e. The standard InChI is InChI=1S/C17H33N3O2.ClH/c1-14(2)9-10-16(21)20-13-17(22)19-12-11-18-15-7-5-3-4-6-8-15;/h14-15,18H,3-13H2,1-2H3,(H,19,22)(H,20,21);1H. The Morgan fingerprint density at radius 1 is 0.957 bits per heavy atom. The van der Waals surface area contributed by atoms with Crippen LogP contribution in [0.2, 0.25) is 0 Å². The summed E-state index contributed by atoms with van der Waals surface area (Å²) in [4.78, 5) is 23.2. The van der Waals surface area contributed by atoms with Crippen LogP contribution in [0.1, 0.15) is 65.2 Å². The first-order chi connectivity index (χ1) is 10.6. The molecule has 23 heavy (non-hydrogen) atoms. The Bertz CT molecular complexity index is 330. The van der Waals surface area contributed by atoms with Gasteiger partial charge in [-0.1, -0.05) is 39.5 Å². The molecule has 1 aliphatic carbocycles. The molecule has 0 radical (unpaired) electrons. The molecule has 136 valence electrons. The smallest absolute Gasteiger partial charge is 0.239 e. The van der Waals surface area contributed by atoms with Gasteiger partial charge < -0.3 is 16.0 Å². The molecule has 0 aromatic carbocycles. The third-order valence-corrected chi connectivity index (χ3v) is 4.13. The van der Waals surface area contributed by atoms with Crippen LogP contribution in [0.3, 0.4) is 0 Å². The number of carbonyl (C=O) groups is 2. The molecule has 0 bridgehead atoms. The van der Waals surface area contributed by atoms with E-state index >= 15 is 0 Å². The highest BCUT2D eigenvalue weighted by Gasteiger charge is 2.11. The average molecular weight is 348 g/mol. The van der Waals surface area contributed by atoms with Gasteiger partial charge in [0.2, 0.25) is 11.8 Å². The number of nitrogens with one attached hydrogen (secondary N) is 3. The Morgan fingerprint density at radius 3 is 2.22 bits per heavy atom. The molecule has 1 fully saturated rings. The number of halogens is 1. The zero-order valence-corrected chi connectivity index (χ0v) is 15.5. The highest BCUT2D eigenvalue weighted by molar-refractivity contribution is 5.85. The van der Waals surface area contributed by atoms with E-state index in [4.69, 9.17) is 0 Å². The molecule has 0 spiro atoms. The van der Waals surface area contributed by atoms with Crippen molar-refractivity contribution in [2.24, 2.45) is 5.92 Å². The summed E-state index contributed by atoms with van der Waals surface area (Å²) in [6, 6.07) is 0.607. The van der Waals surface area contributed by atoms with Gasteiger partial charge in [-0.3, -0.25) is 9.59 Å². The minimum absolute atomic E-state index is 0. The van der Waals surface area contributed by atoms with Crippen LogP contribution in [0.5, 0.6) is 0 Å². The van der Waals surface area contributed by atoms with Crippen molar-refractivity contribution in [1.82, 2.24) is 16.0 Å². The molecule has 1 aliphatic rings. The lowest BCUT2D eigenvalue weighted by Crippen LogP contribution is -2.41. The number of hydrogen-bond acceptors (Lipinski definition) is 3. The molecule has 0 heterocycles. The fourth-order valence-corrected chi connectivity index (χ4v) is 2.71. The molecule has 0 aromatic rings. The summed E-state index contributed by atoms with van der Waals surface area (Å²) in [6.07, 6.45) is 9.18. The highest BCUT2D eigenvalue weighted by atomic mass is 35.5. The van der Waals surface area contributed by atoms with Gasteiger partial charge in [0.05, 0.1) is 6.54 Å². The minimum atomic E-state index is -0.111. The molecule has 0 atom stereocenters. The lowest BCUT2D eigenvalue weighted by atomic mass is 10.1. The zero-order chi connectivity index (χ0) is 16.2. The number of hydrogen-bond donors (Lipinski definition) is 3. The second kappa shape index (κ2) is 13.6. The first-order valence-corrected chi connectivity index (χ1v) is 8.84. The molecule has 1 rings (SSSR count). The Kier molecular flexibility index (Phi) is 13.1. The molecule has 1 saturated carbocycles. The van der Waals surface area contributed by atoms with E-state index < -0.39 is 0 Å². The van der Waals surface area contributed by atoms with Gasteiger partial charge >= 0.3 is 0 Å². The Labute approximate surface area is 147 Å². The van der Waals surface area contributed by atoms with Crippen molar-refractivity contribution in [2.45, 2.75) is 71.3 Å². The lowest BCUT2D eigenvalue weighted by Gasteiger charge is -2.16. The van der Waals surface area contributed by atoms with Crippen LogP contribution in [0.4, 0.5) is 0 Å². The van der Waals surface area contributed by atoms with Crippen molar-refractivity contribution in [1.29, 1.82) is 0 Å². The number of carbonyl (C=O) groups excluding carboxylic acids is 2. The van der Waals surface area contributed by atoms with Gasteiger partial charge in [-0.15, -0.1) is 12.4 Å². The summed E-state index contributed by atoms with van der Waals surface area (Å²) in [5.74, 6) is 0.357. The molecule has 0 aromatic heterocycles. The van der Waals surface area contributed by atoms with Gasteiger partial charge in [0.1, 0.15) is 0 Å². The van der Waals surface area contributed by atoms with E-state index in [-0.39, 0.29) is 30.8 Å². The van der Waals surface area contributed by atoms with E-state index in [0.717, 1.165) is 13.0 Å². The average Bonchev–Trinajstić information content (AvgIpc) is 2.76. The quantitative estimate of drug-likeness (QED) is 0.443. The lowest BCUT2D eigenvalue weighted by molar-refractivity contribution is -0.126. The first-order valence-electron chi connectivity index (χ1n) is 8.84. The van der Waals surface area contributed by atoms with Gasteiger partial charge in [0.25, 0.3) is 0 Å². The molecule has 0 aliphatic heterocycles. The molecule has 0 unspecified atom stereocenters. The molecule has 6 heteroatoms. The molecule has 5 nitrogen and oxygen atoms in total. The monoisotopic (exact) mass is 347 g/mol. The summed E-state index contributed by atoms with van der Waals surface area (Å²) in [6.45, 7) is 5.68. The summed E-state index contributed by atoms with van der Waals surface area (Å²) in [5.41, 5.74) is 0. The maximum Gasteiger partial charge on any atom is 0.239 e. The molecule has 2 amide bonds. The fraction of sp³-hybridized carbons (Fsp3) is 0.882. The predicted octanol–water partition coefficient (Wildman–Crippen LogP) is 2.39. The van der Waals surface area contributed by atoms with Gasteiger partial charge in [-0.2, -0.15) is 0 Å². The summed E-state index contributed by atoms with van der Waals surface area (Å²) < 4.78 is 0. The number of rotatable bonds is 9. The largest absolute Gasteiger partial charge is 0.353 e. The Hall–Kier alpha value is -0.810. The fourth-order valence-electron chi connectivity index (χ4n) is 2.71. The predicted molar refractivity (Wildman–Crippen MR) is 96.8 cm³/mol. The van der Waals surface area contributed by atoms with E-state index in [1.165, 1.54) is 38.5 Å². The van der Waals surface area contributed by atoms with Crippen LogP contribution in [0.25, 0.3) is 0 Å². The highest BCUT2D eigenvalue weighted by Crippen LogP contribution is 2.16. The van der Waals surface area contributed by atoms with Gasteiger partial charge in [0.15, 0.2) is 0 Å². The SMILES string of the molecule is CC(C)CCC(=O)NCC(=O)NCCNC1CCCCCC1.Cl. The van der Waals surface area contributed by atoms with Crippen LogP contribution < -0.4 is 16.0 Å². The maximum absolute atomic E-state index is 11.6. The first kappa shape index (κ1) is 22.2. The number of amides is 2. The third kappa shape index (κ3) is 12.3. The van der Waals surface area contributed by atoms with E-state index in [2.05, 4.69) is 29.8 Å². The second-order valence-electron chi connectivity index (χ2n) is 6.70. The topological polar surface area (TPSA) is 70.2 Å². The van der Waals surface area contributed by atoms with Gasteiger partial charge in [0, 0.05) is 25.6 Å². The van der Waals surface area contributed by atoms with E-state index in [1.807, 2.05) is 0 Å². The maximum atomic E-state index is 11.6. The Morgan fingerprint density at radius 2 is 1.61 bits per heavy atom. The van der Waals surface area contributed by atoms with E-state index in [0.29, 0.717) is 24.9 Å². The third-order valence-electron chi connectivity index (χ3n) is 4.13. The summed E-state index contributed by atoms with van der Waals surface area (Å²) in [7, 11) is 0. The van der Waals surface area contributed by atoms with Crippen LogP contribution >= 0.6 is 12.4 Å². The zero-order valence-electron chi connectivity index (χ0n) is 14.7. The van der Waals surface area contributed by atoms with Crippen molar-refractivity contribution in [3.63, 3.8) is 0 Å². The molecular formula is C17H34ClN3O2. The van der Waals surface area contributed by atoms with Gasteiger partial charge in [-0.05, 0) is 25.2 Å². The van der Waals surface area contributed by atoms with Crippen LogP contribution in [0.15, 0.2) is 0 Å². The van der Waals surface area contributed by atoms with Crippen molar-refractivity contribution in [3.05, 3.63) is 0 Å². The van der Waals surface area contributed by atoms with Crippen LogP contribution in [0, 0.1) is 5.92 Å². The summed E-state index contributed by atoms with van der Waals surface area (Å²) in [5, 5.41) is 9.02. The summed E-state index contributed by atoms with van der Waals surface area (Å²) >= 11 is 0. The van der Waals surface area contributed by atoms with Crippen molar-refractivity contribution in [3.8, 4) is 0 Å². The van der Waals surface area contributed by atoms with Crippen LogP contribution in [-0.4, -0.2) is 37.5 Å². The van der Waals surface area contributed by atoms with Crippen molar-refractivity contribution in [2.75, 3.05) is 19.6 Å². The van der Waals surface area contributed by atoms with E-state index in [9.17, 15) is 9.59 Å². The molecule has 3 N–H and O–H groups in total.